The van der Waals surface area contributed by atoms with Crippen LogP contribution in [-0.2, 0) is 0 Å². The van der Waals surface area contributed by atoms with Crippen molar-refractivity contribution in [1.82, 2.24) is 10.3 Å². The summed E-state index contributed by atoms with van der Waals surface area (Å²) in [7, 11) is 0. The summed E-state index contributed by atoms with van der Waals surface area (Å²) in [5, 5.41) is 3.12. The highest BCUT2D eigenvalue weighted by Gasteiger charge is 2.20. The molecule has 3 aromatic rings. The first kappa shape index (κ1) is 18.2. The molecular weight excluding hydrogens is 346 g/mol. The van der Waals surface area contributed by atoms with Crippen LogP contribution in [0.25, 0.3) is 11.1 Å². The minimum atomic E-state index is 0.0103. The third kappa shape index (κ3) is 4.39. The van der Waals surface area contributed by atoms with Crippen LogP contribution in [0.3, 0.4) is 0 Å². The first-order valence-corrected chi connectivity index (χ1v) is 9.88. The van der Waals surface area contributed by atoms with Crippen LogP contribution in [0, 0.1) is 5.92 Å². The molecule has 1 aromatic heterocycles. The van der Waals surface area contributed by atoms with Gasteiger partial charge in [-0.25, -0.2) is 0 Å². The Morgan fingerprint density at radius 3 is 2.21 bits per heavy atom. The van der Waals surface area contributed by atoms with Gasteiger partial charge in [-0.05, 0) is 54.2 Å². The lowest BCUT2D eigenvalue weighted by Gasteiger charge is -2.33. The van der Waals surface area contributed by atoms with Crippen molar-refractivity contribution in [2.24, 2.45) is 5.92 Å². The van der Waals surface area contributed by atoms with Crippen LogP contribution in [0.4, 0.5) is 5.69 Å². The van der Waals surface area contributed by atoms with Gasteiger partial charge in [0.15, 0.2) is 0 Å². The summed E-state index contributed by atoms with van der Waals surface area (Å²) < 4.78 is 0. The van der Waals surface area contributed by atoms with E-state index in [1.165, 1.54) is 5.69 Å². The molecule has 2 aromatic carbocycles. The molecule has 0 radical (unpaired) electrons. The highest BCUT2D eigenvalue weighted by molar-refractivity contribution is 5.94. The predicted molar refractivity (Wildman–Crippen MR) is 113 cm³/mol. The Hall–Kier alpha value is -3.14. The second kappa shape index (κ2) is 8.70. The van der Waals surface area contributed by atoms with E-state index in [0.29, 0.717) is 11.5 Å². The standard InChI is InChI=1S/C24H25N3O/c28-24(22-8-6-21(7-9-22)20-4-2-1-3-5-20)26-18-19-12-16-27(17-13-19)23-10-14-25-15-11-23/h1-11,14-15,19H,12-13,16-18H2,(H,26,28). The molecule has 0 spiro atoms. The Balaban J connectivity index is 1.27. The number of amides is 1. The zero-order chi connectivity index (χ0) is 19.2. The molecule has 0 saturated carbocycles. The Morgan fingerprint density at radius 1 is 0.893 bits per heavy atom. The van der Waals surface area contributed by atoms with Gasteiger partial charge in [-0.15, -0.1) is 0 Å². The fourth-order valence-electron chi connectivity index (χ4n) is 3.73. The van der Waals surface area contributed by atoms with E-state index in [2.05, 4.69) is 39.5 Å². The van der Waals surface area contributed by atoms with E-state index in [1.807, 2.05) is 54.9 Å². The number of pyridine rings is 1. The molecule has 1 amide bonds. The van der Waals surface area contributed by atoms with Crippen LogP contribution in [-0.4, -0.2) is 30.5 Å². The molecule has 4 rings (SSSR count). The third-order valence-electron chi connectivity index (χ3n) is 5.45. The lowest BCUT2D eigenvalue weighted by atomic mass is 9.96. The van der Waals surface area contributed by atoms with Gasteiger partial charge in [0.05, 0.1) is 0 Å². The fraction of sp³-hybridized carbons (Fsp3) is 0.250. The highest BCUT2D eigenvalue weighted by atomic mass is 16.1. The largest absolute Gasteiger partial charge is 0.371 e. The molecule has 1 N–H and O–H groups in total. The number of aromatic nitrogens is 1. The van der Waals surface area contributed by atoms with Gasteiger partial charge in [0.25, 0.3) is 5.91 Å². The Morgan fingerprint density at radius 2 is 1.54 bits per heavy atom. The zero-order valence-corrected chi connectivity index (χ0v) is 15.9. The molecule has 1 aliphatic heterocycles. The van der Waals surface area contributed by atoms with Crippen molar-refractivity contribution < 1.29 is 4.79 Å². The van der Waals surface area contributed by atoms with Crippen molar-refractivity contribution in [3.8, 4) is 11.1 Å². The van der Waals surface area contributed by atoms with Crippen LogP contribution in [0.5, 0.6) is 0 Å². The molecule has 4 heteroatoms. The number of nitrogens with one attached hydrogen (secondary N) is 1. The molecule has 0 unspecified atom stereocenters. The molecule has 0 bridgehead atoms. The van der Waals surface area contributed by atoms with Gasteiger partial charge < -0.3 is 10.2 Å². The molecule has 4 nitrogen and oxygen atoms in total. The molecule has 0 aliphatic carbocycles. The van der Waals surface area contributed by atoms with Gasteiger partial charge in [-0.2, -0.15) is 0 Å². The number of hydrogen-bond acceptors (Lipinski definition) is 3. The quantitative estimate of drug-likeness (QED) is 0.723. The summed E-state index contributed by atoms with van der Waals surface area (Å²) in [6.07, 6.45) is 5.86. The lowest BCUT2D eigenvalue weighted by molar-refractivity contribution is 0.0945. The first-order valence-electron chi connectivity index (χ1n) is 9.88. The molecule has 1 fully saturated rings. The van der Waals surface area contributed by atoms with Gasteiger partial charge in [-0.3, -0.25) is 9.78 Å². The molecule has 2 heterocycles. The Kier molecular flexibility index (Phi) is 5.66. The number of nitrogens with zero attached hydrogens (tertiary/aromatic N) is 2. The van der Waals surface area contributed by atoms with Crippen molar-refractivity contribution in [2.75, 3.05) is 24.5 Å². The van der Waals surface area contributed by atoms with E-state index < -0.39 is 0 Å². The van der Waals surface area contributed by atoms with Gasteiger partial charge in [0.1, 0.15) is 0 Å². The second-order valence-electron chi connectivity index (χ2n) is 7.29. The second-order valence-corrected chi connectivity index (χ2v) is 7.29. The topological polar surface area (TPSA) is 45.2 Å². The van der Waals surface area contributed by atoms with Crippen molar-refractivity contribution in [3.63, 3.8) is 0 Å². The van der Waals surface area contributed by atoms with E-state index >= 15 is 0 Å². The predicted octanol–water partition coefficient (Wildman–Crippen LogP) is 4.40. The summed E-state index contributed by atoms with van der Waals surface area (Å²) >= 11 is 0. The number of piperidine rings is 1. The van der Waals surface area contributed by atoms with Crippen molar-refractivity contribution in [1.29, 1.82) is 0 Å². The first-order chi connectivity index (χ1) is 13.8. The monoisotopic (exact) mass is 371 g/mol. The summed E-state index contributed by atoms with van der Waals surface area (Å²) in [5.74, 6) is 0.543. The summed E-state index contributed by atoms with van der Waals surface area (Å²) in [6, 6.07) is 22.2. The number of benzene rings is 2. The summed E-state index contributed by atoms with van der Waals surface area (Å²) in [4.78, 5) is 19.0. The van der Waals surface area contributed by atoms with E-state index in [4.69, 9.17) is 0 Å². The lowest BCUT2D eigenvalue weighted by Crippen LogP contribution is -2.38. The number of carbonyl (C=O) groups is 1. The average Bonchev–Trinajstić information content (AvgIpc) is 2.79. The average molecular weight is 371 g/mol. The minimum absolute atomic E-state index is 0.0103. The maximum absolute atomic E-state index is 12.5. The van der Waals surface area contributed by atoms with Crippen LogP contribution < -0.4 is 10.2 Å². The maximum atomic E-state index is 12.5. The summed E-state index contributed by atoms with van der Waals surface area (Å²) in [6.45, 7) is 2.79. The third-order valence-corrected chi connectivity index (χ3v) is 5.45. The molecule has 142 valence electrons. The zero-order valence-electron chi connectivity index (χ0n) is 15.9. The molecular formula is C24H25N3O. The summed E-state index contributed by atoms with van der Waals surface area (Å²) in [5.41, 5.74) is 4.24. The number of rotatable bonds is 5. The van der Waals surface area contributed by atoms with E-state index in [1.54, 1.807) is 0 Å². The van der Waals surface area contributed by atoms with Crippen molar-refractivity contribution in [2.45, 2.75) is 12.8 Å². The van der Waals surface area contributed by atoms with Gasteiger partial charge in [-0.1, -0.05) is 42.5 Å². The van der Waals surface area contributed by atoms with Gasteiger partial charge in [0.2, 0.25) is 0 Å². The van der Waals surface area contributed by atoms with E-state index in [0.717, 1.165) is 43.6 Å². The number of carbonyl (C=O) groups excluding carboxylic acids is 1. The minimum Gasteiger partial charge on any atom is -0.371 e. The molecule has 1 aliphatic rings. The Bertz CT molecular complexity index is 886. The fourth-order valence-corrected chi connectivity index (χ4v) is 3.73. The van der Waals surface area contributed by atoms with Crippen molar-refractivity contribution >= 4 is 11.6 Å². The van der Waals surface area contributed by atoms with Gasteiger partial charge >= 0.3 is 0 Å². The van der Waals surface area contributed by atoms with E-state index in [9.17, 15) is 4.79 Å². The van der Waals surface area contributed by atoms with Crippen LogP contribution in [0.1, 0.15) is 23.2 Å². The number of anilines is 1. The molecule has 1 saturated heterocycles. The van der Waals surface area contributed by atoms with Crippen LogP contribution >= 0.6 is 0 Å². The Labute approximate surface area is 166 Å². The normalized spacial score (nSPS) is 14.6. The molecule has 28 heavy (non-hydrogen) atoms. The smallest absolute Gasteiger partial charge is 0.251 e. The SMILES string of the molecule is O=C(NCC1CCN(c2ccncc2)CC1)c1ccc(-c2ccccc2)cc1. The van der Waals surface area contributed by atoms with E-state index in [-0.39, 0.29) is 5.91 Å². The highest BCUT2D eigenvalue weighted by Crippen LogP contribution is 2.22. The van der Waals surface area contributed by atoms with Crippen LogP contribution in [0.2, 0.25) is 0 Å². The molecule has 0 atom stereocenters. The maximum Gasteiger partial charge on any atom is 0.251 e. The number of hydrogen-bond donors (Lipinski definition) is 1. The van der Waals surface area contributed by atoms with Crippen molar-refractivity contribution in [3.05, 3.63) is 84.7 Å². The van der Waals surface area contributed by atoms with Crippen LogP contribution in [0.15, 0.2) is 79.1 Å². The van der Waals surface area contributed by atoms with Gasteiger partial charge in [0, 0.05) is 43.3 Å².